The van der Waals surface area contributed by atoms with Gasteiger partial charge in [-0.3, -0.25) is 0 Å². The van der Waals surface area contributed by atoms with Crippen LogP contribution in [-0.2, 0) is 14.8 Å². The highest BCUT2D eigenvalue weighted by molar-refractivity contribution is 7.90. The molecule has 0 aliphatic heterocycles. The van der Waals surface area contributed by atoms with Crippen LogP contribution in [0.2, 0.25) is 0 Å². The highest BCUT2D eigenvalue weighted by atomic mass is 32.2. The van der Waals surface area contributed by atoms with E-state index in [1.54, 1.807) is 49.4 Å². The van der Waals surface area contributed by atoms with Gasteiger partial charge in [-0.2, -0.15) is 13.4 Å². The lowest BCUT2D eigenvalue weighted by atomic mass is 10.2. The highest BCUT2D eigenvalue weighted by Gasteiger charge is 2.15. The SMILES string of the molecule is CCOC(C)=N/C(=N/S(=O)(=O)c1ccccc1)c1ccccc1. The van der Waals surface area contributed by atoms with E-state index in [4.69, 9.17) is 4.74 Å². The Morgan fingerprint density at radius 1 is 1.00 bits per heavy atom. The number of nitrogens with zero attached hydrogens (tertiary/aromatic N) is 2. The fraction of sp³-hybridized carbons (Fsp3) is 0.176. The van der Waals surface area contributed by atoms with Gasteiger partial charge in [0.15, 0.2) is 11.7 Å². The molecule has 23 heavy (non-hydrogen) atoms. The lowest BCUT2D eigenvalue weighted by Crippen LogP contribution is -2.09. The largest absolute Gasteiger partial charge is 0.481 e. The lowest BCUT2D eigenvalue weighted by Gasteiger charge is -2.06. The molecule has 0 spiro atoms. The van der Waals surface area contributed by atoms with Crippen molar-refractivity contribution in [2.24, 2.45) is 9.39 Å². The Morgan fingerprint density at radius 2 is 1.57 bits per heavy atom. The van der Waals surface area contributed by atoms with Crippen molar-refractivity contribution in [2.75, 3.05) is 6.61 Å². The average molecular weight is 330 g/mol. The minimum absolute atomic E-state index is 0.0976. The minimum atomic E-state index is -3.84. The molecule has 0 saturated carbocycles. The zero-order chi connectivity index (χ0) is 16.7. The molecular weight excluding hydrogens is 312 g/mol. The van der Waals surface area contributed by atoms with Crippen molar-refractivity contribution in [3.63, 3.8) is 0 Å². The van der Waals surface area contributed by atoms with Crippen LogP contribution in [0.4, 0.5) is 0 Å². The van der Waals surface area contributed by atoms with Crippen LogP contribution in [0.25, 0.3) is 0 Å². The van der Waals surface area contributed by atoms with Crippen molar-refractivity contribution in [3.8, 4) is 0 Å². The van der Waals surface area contributed by atoms with Crippen LogP contribution >= 0.6 is 0 Å². The van der Waals surface area contributed by atoms with Gasteiger partial charge >= 0.3 is 0 Å². The number of hydrogen-bond donors (Lipinski definition) is 0. The smallest absolute Gasteiger partial charge is 0.284 e. The van der Waals surface area contributed by atoms with Crippen molar-refractivity contribution in [3.05, 3.63) is 66.2 Å². The Bertz CT molecular complexity index is 798. The van der Waals surface area contributed by atoms with Crippen LogP contribution < -0.4 is 0 Å². The Morgan fingerprint density at radius 3 is 2.13 bits per heavy atom. The van der Waals surface area contributed by atoms with Crippen LogP contribution in [0.15, 0.2) is 74.9 Å². The van der Waals surface area contributed by atoms with Crippen LogP contribution in [-0.4, -0.2) is 26.8 Å². The van der Waals surface area contributed by atoms with Gasteiger partial charge < -0.3 is 4.74 Å². The summed E-state index contributed by atoms with van der Waals surface area (Å²) in [4.78, 5) is 4.34. The Hall–Kier alpha value is -2.47. The topological polar surface area (TPSA) is 68.1 Å². The van der Waals surface area contributed by atoms with Gasteiger partial charge in [0.1, 0.15) is 0 Å². The van der Waals surface area contributed by atoms with E-state index in [1.807, 2.05) is 13.0 Å². The molecule has 2 aromatic rings. The zero-order valence-electron chi connectivity index (χ0n) is 13.0. The molecular formula is C17H18N2O3S. The van der Waals surface area contributed by atoms with E-state index in [-0.39, 0.29) is 10.7 Å². The number of ether oxygens (including phenoxy) is 1. The molecule has 0 aliphatic carbocycles. The molecule has 0 N–H and O–H groups in total. The number of benzene rings is 2. The first-order valence-electron chi connectivity index (χ1n) is 7.16. The lowest BCUT2D eigenvalue weighted by molar-refractivity contribution is 0.325. The fourth-order valence-electron chi connectivity index (χ4n) is 1.87. The van der Waals surface area contributed by atoms with Crippen LogP contribution in [0.1, 0.15) is 19.4 Å². The molecule has 0 bridgehead atoms. The molecule has 0 radical (unpaired) electrons. The summed E-state index contributed by atoms with van der Waals surface area (Å²) >= 11 is 0. The van der Waals surface area contributed by atoms with E-state index in [0.29, 0.717) is 18.1 Å². The van der Waals surface area contributed by atoms with Crippen molar-refractivity contribution in [1.29, 1.82) is 0 Å². The van der Waals surface area contributed by atoms with E-state index in [2.05, 4.69) is 9.39 Å². The summed E-state index contributed by atoms with van der Waals surface area (Å²) in [7, 11) is -3.84. The molecule has 0 amide bonds. The third kappa shape index (κ3) is 4.75. The normalized spacial score (nSPS) is 13.0. The zero-order valence-corrected chi connectivity index (χ0v) is 13.8. The van der Waals surface area contributed by atoms with Crippen LogP contribution in [0.5, 0.6) is 0 Å². The number of hydrogen-bond acceptors (Lipinski definition) is 3. The van der Waals surface area contributed by atoms with Gasteiger partial charge in [-0.1, -0.05) is 48.5 Å². The Balaban J connectivity index is 2.51. The number of aliphatic imine (C=N–C) groups is 1. The van der Waals surface area contributed by atoms with Gasteiger partial charge in [-0.15, -0.1) is 4.40 Å². The standard InChI is InChI=1S/C17H18N2O3S/c1-3-22-14(2)18-17(15-10-6-4-7-11-15)19-23(20,21)16-12-8-5-9-13-16/h4-13H,3H2,1-2H3/b18-14?,19-17+. The number of rotatable bonds is 4. The maximum atomic E-state index is 12.5. The molecule has 2 aromatic carbocycles. The summed E-state index contributed by atoms with van der Waals surface area (Å²) < 4.78 is 34.1. The van der Waals surface area contributed by atoms with E-state index in [1.165, 1.54) is 12.1 Å². The van der Waals surface area contributed by atoms with Gasteiger partial charge in [-0.05, 0) is 19.1 Å². The molecule has 5 nitrogen and oxygen atoms in total. The quantitative estimate of drug-likeness (QED) is 0.638. The first-order chi connectivity index (χ1) is 11.0. The van der Waals surface area contributed by atoms with Crippen molar-refractivity contribution in [2.45, 2.75) is 18.7 Å². The molecule has 120 valence electrons. The molecule has 0 atom stereocenters. The Labute approximate surface area is 136 Å². The predicted molar refractivity (Wildman–Crippen MR) is 91.3 cm³/mol. The van der Waals surface area contributed by atoms with Crippen LogP contribution in [0, 0.1) is 0 Å². The minimum Gasteiger partial charge on any atom is -0.481 e. The third-order valence-electron chi connectivity index (χ3n) is 2.90. The van der Waals surface area contributed by atoms with Gasteiger partial charge in [0.05, 0.1) is 11.5 Å². The molecule has 0 heterocycles. The monoisotopic (exact) mass is 330 g/mol. The maximum absolute atomic E-state index is 12.5. The predicted octanol–water partition coefficient (Wildman–Crippen LogP) is 3.28. The second-order valence-corrected chi connectivity index (χ2v) is 6.24. The van der Waals surface area contributed by atoms with Crippen molar-refractivity contribution in [1.82, 2.24) is 0 Å². The molecule has 0 aliphatic rings. The van der Waals surface area contributed by atoms with E-state index < -0.39 is 10.0 Å². The molecule has 0 fully saturated rings. The second-order valence-electron chi connectivity index (χ2n) is 4.63. The second kappa shape index (κ2) is 7.69. The Kier molecular flexibility index (Phi) is 5.65. The summed E-state index contributed by atoms with van der Waals surface area (Å²) in [6, 6.07) is 17.0. The average Bonchev–Trinajstić information content (AvgIpc) is 2.56. The first kappa shape index (κ1) is 16.9. The van der Waals surface area contributed by atoms with Gasteiger partial charge in [0.2, 0.25) is 0 Å². The van der Waals surface area contributed by atoms with Crippen molar-refractivity contribution >= 4 is 21.8 Å². The summed E-state index contributed by atoms with van der Waals surface area (Å²) in [6.07, 6.45) is 0. The maximum Gasteiger partial charge on any atom is 0.284 e. The molecule has 0 unspecified atom stereocenters. The summed E-state index contributed by atoms with van der Waals surface area (Å²) in [5.74, 6) is 0.457. The van der Waals surface area contributed by atoms with E-state index in [0.717, 1.165) is 0 Å². The summed E-state index contributed by atoms with van der Waals surface area (Å²) in [5.41, 5.74) is 0.603. The third-order valence-corrected chi connectivity index (χ3v) is 4.18. The van der Waals surface area contributed by atoms with Gasteiger partial charge in [-0.25, -0.2) is 0 Å². The molecule has 6 heteroatoms. The van der Waals surface area contributed by atoms with E-state index >= 15 is 0 Å². The van der Waals surface area contributed by atoms with Crippen molar-refractivity contribution < 1.29 is 13.2 Å². The highest BCUT2D eigenvalue weighted by Crippen LogP contribution is 2.14. The van der Waals surface area contributed by atoms with Gasteiger partial charge in [0.25, 0.3) is 10.0 Å². The number of sulfonamides is 1. The first-order valence-corrected chi connectivity index (χ1v) is 8.60. The summed E-state index contributed by atoms with van der Waals surface area (Å²) in [5, 5.41) is 0. The van der Waals surface area contributed by atoms with Crippen LogP contribution in [0.3, 0.4) is 0 Å². The van der Waals surface area contributed by atoms with E-state index in [9.17, 15) is 8.42 Å². The fourth-order valence-corrected chi connectivity index (χ4v) is 2.85. The molecule has 0 saturated heterocycles. The van der Waals surface area contributed by atoms with Gasteiger partial charge in [0, 0.05) is 12.5 Å². The number of amidine groups is 1. The summed E-state index contributed by atoms with van der Waals surface area (Å²) in [6.45, 7) is 3.94. The molecule has 2 rings (SSSR count). The molecule has 0 aromatic heterocycles.